The van der Waals surface area contributed by atoms with Crippen LogP contribution in [0.5, 0.6) is 0 Å². The first-order valence-electron chi connectivity index (χ1n) is 7.47. The molecule has 0 aliphatic heterocycles. The van der Waals surface area contributed by atoms with Crippen molar-refractivity contribution in [3.05, 3.63) is 29.3 Å². The minimum atomic E-state index is 0.120. The molecule has 2 N–H and O–H groups in total. The minimum Gasteiger partial charge on any atom is -0.351 e. The molecule has 2 rings (SSSR count). The molecule has 0 saturated carbocycles. The number of quaternary nitrogens is 1. The summed E-state index contributed by atoms with van der Waals surface area (Å²) in [6, 6.07) is 8.15. The van der Waals surface area contributed by atoms with Crippen LogP contribution in [-0.4, -0.2) is 31.0 Å². The van der Waals surface area contributed by atoms with E-state index in [2.05, 4.69) is 30.2 Å². The maximum Gasteiger partial charge on any atom is 0.275 e. The number of para-hydroxylation sites is 1. The van der Waals surface area contributed by atoms with Crippen molar-refractivity contribution in [2.45, 2.75) is 26.8 Å². The molecule has 1 heterocycles. The molecule has 2 aromatic rings. The molecule has 0 saturated heterocycles. The van der Waals surface area contributed by atoms with Crippen LogP contribution in [0.1, 0.15) is 25.3 Å². The van der Waals surface area contributed by atoms with E-state index < -0.39 is 0 Å². The van der Waals surface area contributed by atoms with Gasteiger partial charge in [-0.3, -0.25) is 4.79 Å². The van der Waals surface area contributed by atoms with E-state index in [-0.39, 0.29) is 5.91 Å². The molecule has 5 heteroatoms. The lowest BCUT2D eigenvalue weighted by atomic mass is 10.1. The molecular weight excluding hydrogens is 282 g/mol. The number of rotatable bonds is 7. The Morgan fingerprint density at radius 1 is 1.38 bits per heavy atom. The molecule has 0 bridgehead atoms. The van der Waals surface area contributed by atoms with E-state index in [1.807, 2.05) is 25.2 Å². The fraction of sp³-hybridized carbons (Fsp3) is 0.500. The maximum atomic E-state index is 11.8. The Bertz CT molecular complexity index is 561. The van der Waals surface area contributed by atoms with E-state index in [9.17, 15) is 4.79 Å². The van der Waals surface area contributed by atoms with Crippen LogP contribution in [0.25, 0.3) is 10.2 Å². The smallest absolute Gasteiger partial charge is 0.275 e. The molecule has 1 aromatic carbocycles. The number of carbonyl (C=O) groups excluding carboxylic acids is 1. The van der Waals surface area contributed by atoms with Crippen molar-refractivity contribution in [2.75, 3.05) is 20.1 Å². The van der Waals surface area contributed by atoms with Crippen molar-refractivity contribution in [1.29, 1.82) is 0 Å². The van der Waals surface area contributed by atoms with E-state index in [0.29, 0.717) is 12.5 Å². The number of fused-ring (bicyclic) bond motifs is 1. The van der Waals surface area contributed by atoms with Gasteiger partial charge in [0, 0.05) is 6.54 Å². The van der Waals surface area contributed by atoms with Crippen molar-refractivity contribution < 1.29 is 9.69 Å². The van der Waals surface area contributed by atoms with Crippen molar-refractivity contribution in [3.63, 3.8) is 0 Å². The fourth-order valence-electron chi connectivity index (χ4n) is 2.15. The minimum absolute atomic E-state index is 0.120. The van der Waals surface area contributed by atoms with E-state index in [1.54, 1.807) is 11.3 Å². The SMILES string of the molecule is CC(C)CCNC(=O)C[NH+](C)Cc1nc2ccccc2s1. The first kappa shape index (κ1) is 15.9. The van der Waals surface area contributed by atoms with Gasteiger partial charge in [-0.1, -0.05) is 26.0 Å². The number of hydrogen-bond acceptors (Lipinski definition) is 3. The average molecular weight is 306 g/mol. The second-order valence-electron chi connectivity index (χ2n) is 5.92. The highest BCUT2D eigenvalue weighted by Gasteiger charge is 2.13. The summed E-state index contributed by atoms with van der Waals surface area (Å²) in [5, 5.41) is 4.07. The molecule has 21 heavy (non-hydrogen) atoms. The average Bonchev–Trinajstić information content (AvgIpc) is 2.79. The fourth-order valence-corrected chi connectivity index (χ4v) is 3.23. The summed E-state index contributed by atoms with van der Waals surface area (Å²) >= 11 is 1.71. The lowest BCUT2D eigenvalue weighted by Gasteiger charge is -2.12. The van der Waals surface area contributed by atoms with Gasteiger partial charge < -0.3 is 10.2 Å². The summed E-state index contributed by atoms with van der Waals surface area (Å²) < 4.78 is 1.21. The van der Waals surface area contributed by atoms with Crippen LogP contribution in [-0.2, 0) is 11.3 Å². The number of hydrogen-bond donors (Lipinski definition) is 2. The van der Waals surface area contributed by atoms with Gasteiger partial charge in [0.15, 0.2) is 6.54 Å². The third-order valence-electron chi connectivity index (χ3n) is 3.30. The monoisotopic (exact) mass is 306 g/mol. The molecule has 1 aromatic heterocycles. The molecule has 0 spiro atoms. The highest BCUT2D eigenvalue weighted by Crippen LogP contribution is 2.20. The van der Waals surface area contributed by atoms with E-state index in [4.69, 9.17) is 0 Å². The number of benzene rings is 1. The van der Waals surface area contributed by atoms with Crippen LogP contribution in [0.4, 0.5) is 0 Å². The molecule has 1 amide bonds. The van der Waals surface area contributed by atoms with Gasteiger partial charge in [0.1, 0.15) is 11.6 Å². The molecule has 0 aliphatic rings. The molecule has 1 unspecified atom stereocenters. The lowest BCUT2D eigenvalue weighted by Crippen LogP contribution is -3.08. The summed E-state index contributed by atoms with van der Waals surface area (Å²) in [5.41, 5.74) is 1.05. The summed E-state index contributed by atoms with van der Waals surface area (Å²) in [5.74, 6) is 0.743. The third-order valence-corrected chi connectivity index (χ3v) is 4.33. The number of thiazole rings is 1. The van der Waals surface area contributed by atoms with Gasteiger partial charge in [-0.05, 0) is 24.5 Å². The number of nitrogens with one attached hydrogen (secondary N) is 2. The molecule has 4 nitrogen and oxygen atoms in total. The molecular formula is C16H24N3OS+. The first-order chi connectivity index (χ1) is 10.0. The molecule has 0 fully saturated rings. The second-order valence-corrected chi connectivity index (χ2v) is 7.03. The Kier molecular flexibility index (Phi) is 5.70. The molecule has 0 radical (unpaired) electrons. The first-order valence-corrected chi connectivity index (χ1v) is 8.28. The summed E-state index contributed by atoms with van der Waals surface area (Å²) in [7, 11) is 2.04. The van der Waals surface area contributed by atoms with Crippen LogP contribution >= 0.6 is 11.3 Å². The Labute approximate surface area is 130 Å². The summed E-state index contributed by atoms with van der Waals surface area (Å²) in [4.78, 5) is 17.6. The number of nitrogens with zero attached hydrogens (tertiary/aromatic N) is 1. The van der Waals surface area contributed by atoms with Gasteiger partial charge in [-0.25, -0.2) is 4.98 Å². The normalized spacial score (nSPS) is 12.8. The molecule has 0 aliphatic carbocycles. The predicted octanol–water partition coefficient (Wildman–Crippen LogP) is 1.47. The van der Waals surface area contributed by atoms with E-state index in [0.717, 1.165) is 34.9 Å². The zero-order chi connectivity index (χ0) is 15.2. The van der Waals surface area contributed by atoms with E-state index in [1.165, 1.54) is 4.70 Å². The Morgan fingerprint density at radius 3 is 2.86 bits per heavy atom. The summed E-state index contributed by atoms with van der Waals surface area (Å²) in [6.07, 6.45) is 1.03. The Hall–Kier alpha value is -1.46. The van der Waals surface area contributed by atoms with Crippen molar-refractivity contribution in [2.24, 2.45) is 5.92 Å². The molecule has 1 atom stereocenters. The van der Waals surface area contributed by atoms with Crippen LogP contribution in [0.3, 0.4) is 0 Å². The topological polar surface area (TPSA) is 46.4 Å². The van der Waals surface area contributed by atoms with Crippen LogP contribution < -0.4 is 10.2 Å². The van der Waals surface area contributed by atoms with Crippen molar-refractivity contribution in [3.8, 4) is 0 Å². The van der Waals surface area contributed by atoms with Gasteiger partial charge in [0.25, 0.3) is 5.91 Å². The highest BCUT2D eigenvalue weighted by atomic mass is 32.1. The molecule has 114 valence electrons. The zero-order valence-corrected chi connectivity index (χ0v) is 13.8. The second kappa shape index (κ2) is 7.52. The third kappa shape index (κ3) is 5.10. The lowest BCUT2D eigenvalue weighted by molar-refractivity contribution is -0.885. The Morgan fingerprint density at radius 2 is 2.14 bits per heavy atom. The van der Waals surface area contributed by atoms with Crippen LogP contribution in [0, 0.1) is 5.92 Å². The highest BCUT2D eigenvalue weighted by molar-refractivity contribution is 7.18. The predicted molar refractivity (Wildman–Crippen MR) is 87.5 cm³/mol. The van der Waals surface area contributed by atoms with Gasteiger partial charge in [-0.15, -0.1) is 11.3 Å². The van der Waals surface area contributed by atoms with Gasteiger partial charge in [-0.2, -0.15) is 0 Å². The van der Waals surface area contributed by atoms with Crippen molar-refractivity contribution >= 4 is 27.5 Å². The largest absolute Gasteiger partial charge is 0.351 e. The van der Waals surface area contributed by atoms with Crippen LogP contribution in [0.2, 0.25) is 0 Å². The Balaban J connectivity index is 1.81. The van der Waals surface area contributed by atoms with Crippen LogP contribution in [0.15, 0.2) is 24.3 Å². The number of likely N-dealkylation sites (N-methyl/N-ethyl adjacent to an activating group) is 1. The van der Waals surface area contributed by atoms with Crippen molar-refractivity contribution in [1.82, 2.24) is 10.3 Å². The number of carbonyl (C=O) groups is 1. The quantitative estimate of drug-likeness (QED) is 0.814. The van der Waals surface area contributed by atoms with Gasteiger partial charge >= 0.3 is 0 Å². The maximum absolute atomic E-state index is 11.8. The standard InChI is InChI=1S/C16H23N3OS/c1-12(2)8-9-17-15(20)10-19(3)11-16-18-13-6-4-5-7-14(13)21-16/h4-7,12H,8-11H2,1-3H3,(H,17,20)/p+1. The van der Waals surface area contributed by atoms with Gasteiger partial charge in [0.05, 0.1) is 17.3 Å². The summed E-state index contributed by atoms with van der Waals surface area (Å²) in [6.45, 7) is 6.38. The zero-order valence-electron chi connectivity index (χ0n) is 13.0. The number of amides is 1. The number of aromatic nitrogens is 1. The van der Waals surface area contributed by atoms with E-state index >= 15 is 0 Å². The van der Waals surface area contributed by atoms with Gasteiger partial charge in [0.2, 0.25) is 0 Å².